The smallest absolute Gasteiger partial charge is 0.119 e. The molecule has 32 heavy (non-hydrogen) atoms. The maximum Gasteiger partial charge on any atom is 0.119 e. The van der Waals surface area contributed by atoms with E-state index >= 15 is 0 Å². The lowest BCUT2D eigenvalue weighted by molar-refractivity contribution is -0.255. The minimum absolute atomic E-state index is 0.102. The molecule has 0 bridgehead atoms. The predicted octanol–water partition coefficient (Wildman–Crippen LogP) is 5.87. The van der Waals surface area contributed by atoms with Crippen LogP contribution in [-0.4, -0.2) is 5.97 Å². The molecule has 0 radical (unpaired) electrons. The summed E-state index contributed by atoms with van der Waals surface area (Å²) in [6.07, 6.45) is 5.30. The van der Waals surface area contributed by atoms with Gasteiger partial charge in [0.2, 0.25) is 0 Å². The van der Waals surface area contributed by atoms with Crippen LogP contribution in [0.3, 0.4) is 0 Å². The summed E-state index contributed by atoms with van der Waals surface area (Å²) in [5, 5.41) is 15.8. The number of carbonyl (C=O) groups excluding carboxylic acids is 1. The fourth-order valence-corrected chi connectivity index (χ4v) is 5.43. The molecule has 0 fully saturated rings. The topological polar surface area (TPSA) is 61.4 Å². The van der Waals surface area contributed by atoms with Crippen LogP contribution >= 0.6 is 27.5 Å². The van der Waals surface area contributed by atoms with Gasteiger partial charge in [0.05, 0.1) is 17.7 Å². The van der Waals surface area contributed by atoms with Crippen molar-refractivity contribution in [3.8, 4) is 5.75 Å². The second kappa shape index (κ2) is 8.64. The van der Waals surface area contributed by atoms with E-state index in [4.69, 9.17) is 16.3 Å². The van der Waals surface area contributed by atoms with Crippen LogP contribution in [0, 0.1) is 5.92 Å². The van der Waals surface area contributed by atoms with Gasteiger partial charge in [0.15, 0.2) is 0 Å². The average molecular weight is 510 g/mol. The van der Waals surface area contributed by atoms with Crippen molar-refractivity contribution in [2.24, 2.45) is 5.92 Å². The van der Waals surface area contributed by atoms with E-state index in [2.05, 4.69) is 45.5 Å². The Morgan fingerprint density at radius 1 is 1.16 bits per heavy atom. The Labute approximate surface area is 200 Å². The summed E-state index contributed by atoms with van der Waals surface area (Å²) >= 11 is 9.77. The summed E-state index contributed by atoms with van der Waals surface area (Å²) in [6.45, 7) is 0.413. The zero-order valence-corrected chi connectivity index (χ0v) is 19.4. The van der Waals surface area contributed by atoms with Crippen LogP contribution in [0.1, 0.15) is 45.4 Å². The molecule has 2 aliphatic rings. The average Bonchev–Trinajstić information content (AvgIpc) is 3.29. The van der Waals surface area contributed by atoms with Gasteiger partial charge >= 0.3 is 0 Å². The number of hydrogen-bond donors (Lipinski definition) is 1. The number of aromatic carboxylic acids is 1. The molecule has 162 valence electrons. The number of allylic oxidation sites excluding steroid dienone is 2. The Balaban J connectivity index is 1.38. The number of halogens is 2. The zero-order chi connectivity index (χ0) is 22.2. The van der Waals surface area contributed by atoms with Crippen molar-refractivity contribution in [1.29, 1.82) is 0 Å². The molecule has 0 spiro atoms. The molecule has 0 aromatic heterocycles. The summed E-state index contributed by atoms with van der Waals surface area (Å²) in [7, 11) is 0. The van der Waals surface area contributed by atoms with Crippen LogP contribution in [0.5, 0.6) is 5.75 Å². The lowest BCUT2D eigenvalue weighted by Crippen LogP contribution is -2.30. The van der Waals surface area contributed by atoms with Gasteiger partial charge in [0, 0.05) is 21.0 Å². The van der Waals surface area contributed by atoms with Crippen molar-refractivity contribution >= 4 is 39.2 Å². The second-order valence-electron chi connectivity index (χ2n) is 8.13. The predicted molar refractivity (Wildman–Crippen MR) is 127 cm³/mol. The number of anilines is 1. The third-order valence-electron chi connectivity index (χ3n) is 6.25. The Morgan fingerprint density at radius 3 is 2.69 bits per heavy atom. The standard InChI is InChI=1S/C26H21BrClNO3/c27-22-13-17(26(30)31)12-21-19-5-3-6-20(19)24(29-25(21)22)15-8-10-18(11-9-15)32-14-16-4-1-2-7-23(16)28/h1-5,7-13,19-20,24,29H,6,14H2,(H,30,31)/p-1/t19-,20-,24-/m0/s1. The first-order valence-corrected chi connectivity index (χ1v) is 11.6. The van der Waals surface area contributed by atoms with Gasteiger partial charge in [-0.05, 0) is 75.3 Å². The minimum Gasteiger partial charge on any atom is -0.545 e. The number of rotatable bonds is 5. The molecule has 0 saturated heterocycles. The number of carboxylic acids is 1. The fraction of sp³-hybridized carbons (Fsp3) is 0.192. The number of fused-ring (bicyclic) bond motifs is 3. The van der Waals surface area contributed by atoms with Gasteiger partial charge in [-0.25, -0.2) is 0 Å². The van der Waals surface area contributed by atoms with Gasteiger partial charge < -0.3 is 20.0 Å². The lowest BCUT2D eigenvalue weighted by atomic mass is 9.76. The number of nitrogens with one attached hydrogen (secondary N) is 1. The Bertz CT molecular complexity index is 1210. The first-order valence-electron chi connectivity index (χ1n) is 10.5. The van der Waals surface area contributed by atoms with E-state index in [1.54, 1.807) is 12.1 Å². The van der Waals surface area contributed by atoms with E-state index in [9.17, 15) is 9.90 Å². The van der Waals surface area contributed by atoms with Crippen molar-refractivity contribution in [1.82, 2.24) is 0 Å². The van der Waals surface area contributed by atoms with E-state index in [0.29, 0.717) is 17.5 Å². The maximum atomic E-state index is 11.4. The van der Waals surface area contributed by atoms with Gasteiger partial charge in [-0.3, -0.25) is 0 Å². The Hall–Kier alpha value is -2.76. The normalized spacial score (nSPS) is 20.9. The van der Waals surface area contributed by atoms with Crippen LogP contribution < -0.4 is 15.2 Å². The lowest BCUT2D eigenvalue weighted by Gasteiger charge is -2.38. The zero-order valence-electron chi connectivity index (χ0n) is 17.1. The molecular formula is C26H20BrClNO3-. The highest BCUT2D eigenvalue weighted by atomic mass is 79.9. The first kappa shape index (κ1) is 21.1. The minimum atomic E-state index is -1.17. The van der Waals surface area contributed by atoms with Crippen molar-refractivity contribution in [3.05, 3.63) is 105 Å². The summed E-state index contributed by atoms with van der Waals surface area (Å²) < 4.78 is 6.66. The summed E-state index contributed by atoms with van der Waals surface area (Å²) in [4.78, 5) is 11.4. The summed E-state index contributed by atoms with van der Waals surface area (Å²) in [6, 6.07) is 19.2. The highest BCUT2D eigenvalue weighted by Crippen LogP contribution is 2.51. The van der Waals surface area contributed by atoms with Crippen LogP contribution in [0.25, 0.3) is 0 Å². The third kappa shape index (κ3) is 3.91. The van der Waals surface area contributed by atoms with E-state index in [1.165, 1.54) is 0 Å². The number of ether oxygens (including phenoxy) is 1. The molecule has 1 aliphatic heterocycles. The molecule has 3 aromatic carbocycles. The highest BCUT2D eigenvalue weighted by molar-refractivity contribution is 9.10. The Morgan fingerprint density at radius 2 is 1.94 bits per heavy atom. The molecule has 4 nitrogen and oxygen atoms in total. The SMILES string of the molecule is O=C([O-])c1cc(Br)c2c(c1)[C@H]1C=CC[C@@H]1[C@H](c1ccc(OCc3ccccc3Cl)cc1)N2. The fourth-order valence-electron chi connectivity index (χ4n) is 4.65. The number of hydrogen-bond acceptors (Lipinski definition) is 4. The molecule has 0 amide bonds. The van der Waals surface area contributed by atoms with Crippen molar-refractivity contribution in [3.63, 3.8) is 0 Å². The summed E-state index contributed by atoms with van der Waals surface area (Å²) in [5.41, 5.74) is 4.23. The van der Waals surface area contributed by atoms with E-state index in [1.807, 2.05) is 36.4 Å². The Kier molecular flexibility index (Phi) is 5.70. The van der Waals surface area contributed by atoms with Crippen molar-refractivity contribution < 1.29 is 14.6 Å². The molecular weight excluding hydrogens is 490 g/mol. The molecule has 3 atom stereocenters. The quantitative estimate of drug-likeness (QED) is 0.437. The van der Waals surface area contributed by atoms with E-state index in [-0.39, 0.29) is 17.5 Å². The number of carboxylic acid groups (broad SMARTS) is 1. The van der Waals surface area contributed by atoms with Crippen molar-refractivity contribution in [2.45, 2.75) is 25.0 Å². The van der Waals surface area contributed by atoms with E-state index < -0.39 is 5.97 Å². The van der Waals surface area contributed by atoms with Gasteiger partial charge in [-0.1, -0.05) is 54.1 Å². The molecule has 5 rings (SSSR count). The third-order valence-corrected chi connectivity index (χ3v) is 7.24. The molecule has 6 heteroatoms. The first-order chi connectivity index (χ1) is 15.5. The molecule has 1 heterocycles. The summed E-state index contributed by atoms with van der Waals surface area (Å²) in [5.74, 6) is 0.0802. The molecule has 3 aromatic rings. The van der Waals surface area contributed by atoms with Crippen molar-refractivity contribution in [2.75, 3.05) is 5.32 Å². The number of benzene rings is 3. The monoisotopic (exact) mass is 508 g/mol. The molecule has 1 N–H and O–H groups in total. The molecule has 0 unspecified atom stereocenters. The van der Waals surface area contributed by atoms with Crippen LogP contribution in [0.2, 0.25) is 5.02 Å². The number of carbonyl (C=O) groups is 1. The van der Waals surface area contributed by atoms with E-state index in [0.717, 1.165) is 39.0 Å². The van der Waals surface area contributed by atoms with Gasteiger partial charge in [-0.15, -0.1) is 0 Å². The van der Waals surface area contributed by atoms with Crippen LogP contribution in [0.4, 0.5) is 5.69 Å². The maximum absolute atomic E-state index is 11.4. The highest BCUT2D eigenvalue weighted by Gasteiger charge is 2.38. The van der Waals surface area contributed by atoms with Crippen LogP contribution in [0.15, 0.2) is 77.3 Å². The van der Waals surface area contributed by atoms with Crippen LogP contribution in [-0.2, 0) is 6.61 Å². The molecule has 0 saturated carbocycles. The second-order valence-corrected chi connectivity index (χ2v) is 9.40. The van der Waals surface area contributed by atoms with Gasteiger partial charge in [-0.2, -0.15) is 0 Å². The molecule has 1 aliphatic carbocycles. The van der Waals surface area contributed by atoms with Gasteiger partial charge in [0.1, 0.15) is 12.4 Å². The van der Waals surface area contributed by atoms with Gasteiger partial charge in [0.25, 0.3) is 0 Å². The largest absolute Gasteiger partial charge is 0.545 e.